The van der Waals surface area contributed by atoms with E-state index in [0.717, 1.165) is 89.8 Å². The topological polar surface area (TPSA) is 81.4 Å². The standard InChI is InChI=1S/C44H30Cl2N6/c45-29-15-7-9-17-31(29)51-43-37-23-19-33(47-37)41(27-11-3-1-4-12-27)34-20-24-38(48-34)44(52-32-18-10-8-16-30(32)46)40-26-22-36(50-40)42(28-13-5-2-6-14-28)35-21-25-39(43)49-35/h1-26,47,50-52H. The van der Waals surface area contributed by atoms with Gasteiger partial charge in [-0.1, -0.05) is 108 Å². The first kappa shape index (κ1) is 31.6. The summed E-state index contributed by atoms with van der Waals surface area (Å²) in [6.45, 7) is 0. The normalized spacial score (nSPS) is 11.9. The lowest BCUT2D eigenvalue weighted by Gasteiger charge is -2.10. The number of nitrogens with zero attached hydrogens (tertiary/aromatic N) is 2. The van der Waals surface area contributed by atoms with Crippen molar-refractivity contribution in [3.05, 3.63) is 166 Å². The second-order valence-corrected chi connectivity index (χ2v) is 13.3. The number of halogens is 2. The van der Waals surface area contributed by atoms with Gasteiger partial charge in [0.25, 0.3) is 0 Å². The minimum atomic E-state index is 0.610. The molecule has 0 amide bonds. The van der Waals surface area contributed by atoms with Gasteiger partial charge in [0.1, 0.15) is 0 Å². The maximum atomic E-state index is 6.70. The van der Waals surface area contributed by atoms with Crippen LogP contribution in [0, 0.1) is 0 Å². The molecule has 0 saturated carbocycles. The molecule has 8 heteroatoms. The van der Waals surface area contributed by atoms with Crippen molar-refractivity contribution in [3.8, 4) is 22.3 Å². The van der Waals surface area contributed by atoms with E-state index in [1.54, 1.807) is 0 Å². The Kier molecular flexibility index (Phi) is 8.16. The van der Waals surface area contributed by atoms with Gasteiger partial charge in [0.2, 0.25) is 0 Å². The molecule has 7 aromatic rings. The maximum Gasteiger partial charge on any atom is 0.0894 e. The minimum Gasteiger partial charge on any atom is -0.353 e. The van der Waals surface area contributed by atoms with Gasteiger partial charge in [-0.05, 0) is 84.0 Å². The summed E-state index contributed by atoms with van der Waals surface area (Å²) in [5.74, 6) is 0. The summed E-state index contributed by atoms with van der Waals surface area (Å²) in [7, 11) is 0. The van der Waals surface area contributed by atoms with Crippen LogP contribution in [0.5, 0.6) is 0 Å². The number of rotatable bonds is 6. The fourth-order valence-electron chi connectivity index (χ4n) is 6.68. The van der Waals surface area contributed by atoms with E-state index in [4.69, 9.17) is 33.2 Å². The van der Waals surface area contributed by atoms with E-state index in [2.05, 4.69) is 81.3 Å². The molecule has 9 rings (SSSR count). The van der Waals surface area contributed by atoms with Gasteiger partial charge in [-0.2, -0.15) is 0 Å². The number of hydrogen-bond donors (Lipinski definition) is 4. The minimum absolute atomic E-state index is 0.610. The third-order valence-electron chi connectivity index (χ3n) is 9.15. The van der Waals surface area contributed by atoms with Crippen LogP contribution in [0.25, 0.3) is 68.6 Å². The molecule has 4 aromatic carbocycles. The third-order valence-corrected chi connectivity index (χ3v) is 9.81. The summed E-state index contributed by atoms with van der Waals surface area (Å²) in [5.41, 5.74) is 13.8. The Bertz CT molecular complexity index is 2520. The van der Waals surface area contributed by atoms with E-state index in [1.165, 1.54) is 0 Å². The monoisotopic (exact) mass is 712 g/mol. The molecular formula is C44H30Cl2N6. The van der Waals surface area contributed by atoms with Crippen LogP contribution in [0.15, 0.2) is 133 Å². The largest absolute Gasteiger partial charge is 0.353 e. The first-order valence-corrected chi connectivity index (χ1v) is 17.6. The predicted octanol–water partition coefficient (Wildman–Crippen LogP) is 12.8. The molecule has 5 heterocycles. The number of hydrogen-bond acceptors (Lipinski definition) is 4. The number of aromatic amines is 2. The zero-order valence-corrected chi connectivity index (χ0v) is 29.2. The number of benzene rings is 4. The van der Waals surface area contributed by atoms with Crippen LogP contribution in [-0.2, 0) is 0 Å². The van der Waals surface area contributed by atoms with Crippen molar-refractivity contribution in [3.63, 3.8) is 0 Å². The lowest BCUT2D eigenvalue weighted by atomic mass is 10.0. The number of fused-ring (bicyclic) bond motifs is 8. The second-order valence-electron chi connectivity index (χ2n) is 12.4. The van der Waals surface area contributed by atoms with Gasteiger partial charge in [0, 0.05) is 22.2 Å². The summed E-state index contributed by atoms with van der Waals surface area (Å²) >= 11 is 13.4. The highest BCUT2D eigenvalue weighted by atomic mass is 35.5. The quantitative estimate of drug-likeness (QED) is 0.138. The van der Waals surface area contributed by atoms with E-state index < -0.39 is 0 Å². The highest BCUT2D eigenvalue weighted by molar-refractivity contribution is 6.33. The van der Waals surface area contributed by atoms with Crippen LogP contribution in [0.3, 0.4) is 0 Å². The Morgan fingerprint density at radius 1 is 0.385 bits per heavy atom. The first-order valence-electron chi connectivity index (χ1n) is 16.9. The molecule has 0 atom stereocenters. The molecule has 0 radical (unpaired) electrons. The van der Waals surface area contributed by atoms with Gasteiger partial charge >= 0.3 is 0 Å². The van der Waals surface area contributed by atoms with Gasteiger partial charge in [-0.15, -0.1) is 0 Å². The van der Waals surface area contributed by atoms with Crippen LogP contribution in [0.4, 0.5) is 22.7 Å². The average Bonchev–Trinajstić information content (AvgIpc) is 4.02. The van der Waals surface area contributed by atoms with E-state index in [0.29, 0.717) is 10.0 Å². The Hall–Kier alpha value is -6.34. The van der Waals surface area contributed by atoms with Crippen molar-refractivity contribution >= 4 is 92.3 Å². The van der Waals surface area contributed by atoms with Gasteiger partial charge in [0.15, 0.2) is 0 Å². The Morgan fingerprint density at radius 2 is 0.750 bits per heavy atom. The van der Waals surface area contributed by atoms with Crippen molar-refractivity contribution in [1.29, 1.82) is 0 Å². The van der Waals surface area contributed by atoms with Crippen LogP contribution in [-0.4, -0.2) is 19.9 Å². The maximum absolute atomic E-state index is 6.70. The van der Waals surface area contributed by atoms with Crippen molar-refractivity contribution < 1.29 is 0 Å². The van der Waals surface area contributed by atoms with Gasteiger partial charge in [-0.3, -0.25) is 0 Å². The number of nitrogens with one attached hydrogen (secondary N) is 4. The lowest BCUT2D eigenvalue weighted by Crippen LogP contribution is -1.96. The van der Waals surface area contributed by atoms with E-state index >= 15 is 0 Å². The molecule has 0 fully saturated rings. The SMILES string of the molecule is Clc1ccccc1Nc1c2nc(c(-c3ccccc3)c3ccc([nH]3)c(Nc3ccccc3Cl)c3nc(c(-c4ccccc4)c4ccc1[nH]4)C=C3)C=C2. The molecule has 6 nitrogen and oxygen atoms in total. The van der Waals surface area contributed by atoms with Gasteiger partial charge < -0.3 is 20.6 Å². The molecule has 8 bridgehead atoms. The average molecular weight is 714 g/mol. The Morgan fingerprint density at radius 3 is 1.17 bits per heavy atom. The van der Waals surface area contributed by atoms with E-state index in [-0.39, 0.29) is 0 Å². The second kappa shape index (κ2) is 13.4. The number of H-pyrrole nitrogens is 2. The Balaban J connectivity index is 1.42. The van der Waals surface area contributed by atoms with E-state index in [9.17, 15) is 0 Å². The molecular weight excluding hydrogens is 683 g/mol. The molecule has 52 heavy (non-hydrogen) atoms. The molecule has 0 aliphatic carbocycles. The van der Waals surface area contributed by atoms with Crippen LogP contribution in [0.2, 0.25) is 10.0 Å². The summed E-state index contributed by atoms with van der Waals surface area (Å²) in [4.78, 5) is 18.0. The fraction of sp³-hybridized carbons (Fsp3) is 0. The number of anilines is 4. The summed E-state index contributed by atoms with van der Waals surface area (Å²) in [5, 5.41) is 8.44. The van der Waals surface area contributed by atoms with Crippen molar-refractivity contribution in [1.82, 2.24) is 19.9 Å². The molecule has 0 spiro atoms. The zero-order chi connectivity index (χ0) is 35.0. The smallest absolute Gasteiger partial charge is 0.0894 e. The summed E-state index contributed by atoms with van der Waals surface area (Å²) in [6.07, 6.45) is 8.21. The van der Waals surface area contributed by atoms with Crippen molar-refractivity contribution in [2.75, 3.05) is 10.6 Å². The molecule has 2 aliphatic rings. The highest BCUT2D eigenvalue weighted by Gasteiger charge is 2.18. The third kappa shape index (κ3) is 5.94. The molecule has 0 saturated heterocycles. The van der Waals surface area contributed by atoms with Crippen LogP contribution < -0.4 is 10.6 Å². The number of para-hydroxylation sites is 2. The molecule has 4 N–H and O–H groups in total. The zero-order valence-electron chi connectivity index (χ0n) is 27.7. The summed E-state index contributed by atoms with van der Waals surface area (Å²) in [6, 6.07) is 44.4. The van der Waals surface area contributed by atoms with E-state index in [1.807, 2.05) is 97.1 Å². The number of aromatic nitrogens is 4. The molecule has 250 valence electrons. The van der Waals surface area contributed by atoms with Gasteiger partial charge in [-0.25, -0.2) is 9.97 Å². The van der Waals surface area contributed by atoms with Gasteiger partial charge in [0.05, 0.1) is 66.6 Å². The Labute approximate surface area is 310 Å². The van der Waals surface area contributed by atoms with Crippen LogP contribution >= 0.6 is 23.2 Å². The lowest BCUT2D eigenvalue weighted by molar-refractivity contribution is 1.30. The fourth-order valence-corrected chi connectivity index (χ4v) is 7.05. The molecule has 0 unspecified atom stereocenters. The predicted molar refractivity (Wildman–Crippen MR) is 219 cm³/mol. The summed E-state index contributed by atoms with van der Waals surface area (Å²) < 4.78 is 0. The van der Waals surface area contributed by atoms with Crippen LogP contribution in [0.1, 0.15) is 22.8 Å². The van der Waals surface area contributed by atoms with Crippen molar-refractivity contribution in [2.45, 2.75) is 0 Å². The molecule has 3 aromatic heterocycles. The first-order chi connectivity index (χ1) is 25.6. The molecule has 2 aliphatic heterocycles. The van der Waals surface area contributed by atoms with Crippen molar-refractivity contribution in [2.24, 2.45) is 0 Å². The highest BCUT2D eigenvalue weighted by Crippen LogP contribution is 2.38.